The van der Waals surface area contributed by atoms with E-state index in [0.29, 0.717) is 30.4 Å². The predicted octanol–water partition coefficient (Wildman–Crippen LogP) is 3.25. The highest BCUT2D eigenvalue weighted by Crippen LogP contribution is 2.17. The smallest absolute Gasteiger partial charge is 0.270 e. The standard InChI is InChI=1S/C22H22N6O/c1-15-27-20(12-21(28-15)26-14-17-6-4-5-10-23-17)22(29)24-11-9-16-13-25-19-8-3-2-7-18(16)19/h2-8,10,12-13,25H,9,11,14H2,1H3,(H,24,29)(H,26,27,28). The number of aromatic nitrogens is 4. The Kier molecular flexibility index (Phi) is 5.47. The average molecular weight is 386 g/mol. The highest BCUT2D eigenvalue weighted by Gasteiger charge is 2.11. The first-order chi connectivity index (χ1) is 14.2. The first-order valence-corrected chi connectivity index (χ1v) is 9.52. The lowest BCUT2D eigenvalue weighted by molar-refractivity contribution is 0.0949. The molecule has 0 aliphatic rings. The van der Waals surface area contributed by atoms with Gasteiger partial charge >= 0.3 is 0 Å². The lowest BCUT2D eigenvalue weighted by atomic mass is 10.1. The Labute approximate surface area is 168 Å². The lowest BCUT2D eigenvalue weighted by Crippen LogP contribution is -2.27. The van der Waals surface area contributed by atoms with E-state index in [2.05, 4.69) is 36.6 Å². The van der Waals surface area contributed by atoms with Crippen molar-refractivity contribution < 1.29 is 4.79 Å². The molecule has 0 unspecified atom stereocenters. The number of hydrogen-bond acceptors (Lipinski definition) is 5. The van der Waals surface area contributed by atoms with Crippen LogP contribution in [-0.2, 0) is 13.0 Å². The average Bonchev–Trinajstić information content (AvgIpc) is 3.16. The molecule has 0 fully saturated rings. The maximum absolute atomic E-state index is 12.6. The fraction of sp³-hybridized carbons (Fsp3) is 0.182. The summed E-state index contributed by atoms with van der Waals surface area (Å²) >= 11 is 0. The van der Waals surface area contributed by atoms with Gasteiger partial charge in [-0.15, -0.1) is 0 Å². The zero-order valence-corrected chi connectivity index (χ0v) is 16.1. The Balaban J connectivity index is 1.37. The molecular weight excluding hydrogens is 364 g/mol. The van der Waals surface area contributed by atoms with Crippen LogP contribution in [0.5, 0.6) is 0 Å². The summed E-state index contributed by atoms with van der Waals surface area (Å²) in [5.41, 5.74) is 3.52. The van der Waals surface area contributed by atoms with E-state index >= 15 is 0 Å². The molecule has 146 valence electrons. The fourth-order valence-electron chi connectivity index (χ4n) is 3.20. The number of aryl methyl sites for hydroxylation is 1. The monoisotopic (exact) mass is 386 g/mol. The fourth-order valence-corrected chi connectivity index (χ4v) is 3.20. The number of aromatic amines is 1. The molecule has 3 N–H and O–H groups in total. The van der Waals surface area contributed by atoms with Crippen molar-refractivity contribution in [3.05, 3.63) is 83.7 Å². The summed E-state index contributed by atoms with van der Waals surface area (Å²) in [7, 11) is 0. The van der Waals surface area contributed by atoms with Crippen molar-refractivity contribution in [1.29, 1.82) is 0 Å². The Morgan fingerprint density at radius 1 is 1.10 bits per heavy atom. The van der Waals surface area contributed by atoms with Crippen LogP contribution < -0.4 is 10.6 Å². The molecule has 3 aromatic heterocycles. The maximum atomic E-state index is 12.6. The van der Waals surface area contributed by atoms with E-state index in [-0.39, 0.29) is 5.91 Å². The molecule has 0 spiro atoms. The number of pyridine rings is 1. The molecule has 7 nitrogen and oxygen atoms in total. The highest BCUT2D eigenvalue weighted by atomic mass is 16.1. The molecule has 1 aromatic carbocycles. The minimum Gasteiger partial charge on any atom is -0.364 e. The molecule has 29 heavy (non-hydrogen) atoms. The van der Waals surface area contributed by atoms with Crippen LogP contribution in [0.3, 0.4) is 0 Å². The molecule has 0 aliphatic heterocycles. The van der Waals surface area contributed by atoms with Gasteiger partial charge in [-0.1, -0.05) is 24.3 Å². The third-order valence-electron chi connectivity index (χ3n) is 4.60. The van der Waals surface area contributed by atoms with Crippen molar-refractivity contribution in [1.82, 2.24) is 25.3 Å². The van der Waals surface area contributed by atoms with Gasteiger partial charge in [0.25, 0.3) is 5.91 Å². The van der Waals surface area contributed by atoms with Gasteiger partial charge in [-0.3, -0.25) is 9.78 Å². The first kappa shape index (κ1) is 18.6. The van der Waals surface area contributed by atoms with E-state index in [1.165, 1.54) is 10.9 Å². The van der Waals surface area contributed by atoms with Gasteiger partial charge in [0.1, 0.15) is 17.3 Å². The second-order valence-corrected chi connectivity index (χ2v) is 6.73. The van der Waals surface area contributed by atoms with Crippen LogP contribution in [0.15, 0.2) is 60.9 Å². The molecule has 0 atom stereocenters. The molecule has 3 heterocycles. The van der Waals surface area contributed by atoms with Crippen LogP contribution in [0.25, 0.3) is 10.9 Å². The van der Waals surface area contributed by atoms with Gasteiger partial charge in [0.15, 0.2) is 0 Å². The minimum atomic E-state index is -0.212. The van der Waals surface area contributed by atoms with Gasteiger partial charge in [-0.05, 0) is 37.1 Å². The summed E-state index contributed by atoms with van der Waals surface area (Å²) in [6.45, 7) is 2.83. The number of anilines is 1. The molecule has 0 aliphatic carbocycles. The van der Waals surface area contributed by atoms with Crippen LogP contribution in [0.4, 0.5) is 5.82 Å². The van der Waals surface area contributed by atoms with Crippen LogP contribution >= 0.6 is 0 Å². The van der Waals surface area contributed by atoms with E-state index in [0.717, 1.165) is 17.6 Å². The molecule has 7 heteroatoms. The lowest BCUT2D eigenvalue weighted by Gasteiger charge is -2.09. The number of fused-ring (bicyclic) bond motifs is 1. The van der Waals surface area contributed by atoms with Gasteiger partial charge in [-0.25, -0.2) is 9.97 Å². The molecular formula is C22H22N6O. The number of H-pyrrole nitrogens is 1. The number of rotatable bonds is 7. The predicted molar refractivity (Wildman–Crippen MR) is 113 cm³/mol. The van der Waals surface area contributed by atoms with Crippen LogP contribution in [0, 0.1) is 6.92 Å². The highest BCUT2D eigenvalue weighted by molar-refractivity contribution is 5.93. The van der Waals surface area contributed by atoms with Crippen LogP contribution in [0.1, 0.15) is 27.6 Å². The van der Waals surface area contributed by atoms with Crippen molar-refractivity contribution in [2.24, 2.45) is 0 Å². The largest absolute Gasteiger partial charge is 0.364 e. The van der Waals surface area contributed by atoms with Crippen molar-refractivity contribution in [3.8, 4) is 0 Å². The van der Waals surface area contributed by atoms with E-state index < -0.39 is 0 Å². The van der Waals surface area contributed by atoms with E-state index in [4.69, 9.17) is 0 Å². The second-order valence-electron chi connectivity index (χ2n) is 6.73. The van der Waals surface area contributed by atoms with Gasteiger partial charge in [0.2, 0.25) is 0 Å². The molecule has 0 saturated heterocycles. The Morgan fingerprint density at radius 3 is 2.83 bits per heavy atom. The number of amides is 1. The summed E-state index contributed by atoms with van der Waals surface area (Å²) in [5.74, 6) is 0.930. The third kappa shape index (κ3) is 4.57. The van der Waals surface area contributed by atoms with Crippen molar-refractivity contribution in [3.63, 3.8) is 0 Å². The Hall–Kier alpha value is -3.74. The summed E-state index contributed by atoms with van der Waals surface area (Å²) in [5, 5.41) is 7.33. The van der Waals surface area contributed by atoms with Gasteiger partial charge < -0.3 is 15.6 Å². The molecule has 0 saturated carbocycles. The molecule has 0 bridgehead atoms. The number of para-hydroxylation sites is 1. The molecule has 4 rings (SSSR count). The molecule has 4 aromatic rings. The first-order valence-electron chi connectivity index (χ1n) is 9.52. The van der Waals surface area contributed by atoms with E-state index in [9.17, 15) is 4.79 Å². The van der Waals surface area contributed by atoms with Crippen molar-refractivity contribution in [2.75, 3.05) is 11.9 Å². The van der Waals surface area contributed by atoms with Crippen molar-refractivity contribution in [2.45, 2.75) is 19.9 Å². The number of nitrogens with one attached hydrogen (secondary N) is 3. The Bertz CT molecular complexity index is 1120. The van der Waals surface area contributed by atoms with Crippen LogP contribution in [-0.4, -0.2) is 32.4 Å². The zero-order valence-electron chi connectivity index (χ0n) is 16.1. The van der Waals surface area contributed by atoms with E-state index in [1.54, 1.807) is 19.2 Å². The Morgan fingerprint density at radius 2 is 1.97 bits per heavy atom. The van der Waals surface area contributed by atoms with Gasteiger partial charge in [0.05, 0.1) is 12.2 Å². The number of nitrogens with zero attached hydrogens (tertiary/aromatic N) is 3. The quantitative estimate of drug-likeness (QED) is 0.453. The second kappa shape index (κ2) is 8.52. The van der Waals surface area contributed by atoms with Gasteiger partial charge in [0, 0.05) is 35.9 Å². The summed E-state index contributed by atoms with van der Waals surface area (Å²) in [6.07, 6.45) is 4.48. The normalized spacial score (nSPS) is 10.8. The van der Waals surface area contributed by atoms with Gasteiger partial charge in [-0.2, -0.15) is 0 Å². The number of carbonyl (C=O) groups excluding carboxylic acids is 1. The topological polar surface area (TPSA) is 95.6 Å². The molecule has 0 radical (unpaired) electrons. The number of hydrogen-bond donors (Lipinski definition) is 3. The number of carbonyl (C=O) groups is 1. The van der Waals surface area contributed by atoms with Crippen molar-refractivity contribution >= 4 is 22.6 Å². The maximum Gasteiger partial charge on any atom is 0.270 e. The number of benzene rings is 1. The van der Waals surface area contributed by atoms with Crippen LogP contribution in [0.2, 0.25) is 0 Å². The third-order valence-corrected chi connectivity index (χ3v) is 4.60. The zero-order chi connectivity index (χ0) is 20.1. The minimum absolute atomic E-state index is 0.212. The van der Waals surface area contributed by atoms with E-state index in [1.807, 2.05) is 42.6 Å². The summed E-state index contributed by atoms with van der Waals surface area (Å²) in [6, 6.07) is 15.5. The summed E-state index contributed by atoms with van der Waals surface area (Å²) < 4.78 is 0. The molecule has 1 amide bonds. The SMILES string of the molecule is Cc1nc(NCc2ccccn2)cc(C(=O)NCCc2c[nH]c3ccccc23)n1. The summed E-state index contributed by atoms with van der Waals surface area (Å²) in [4.78, 5) is 28.7.